The molecule has 2 rings (SSSR count). The number of rotatable bonds is 3. The van der Waals surface area contributed by atoms with Gasteiger partial charge >= 0.3 is 5.97 Å². The second-order valence-electron chi connectivity index (χ2n) is 3.85. The van der Waals surface area contributed by atoms with Crippen LogP contribution in [0.5, 0.6) is 0 Å². The Morgan fingerprint density at radius 1 is 1.44 bits per heavy atom. The van der Waals surface area contributed by atoms with Gasteiger partial charge in [-0.05, 0) is 12.1 Å². The number of aliphatic hydroxyl groups excluding tert-OH is 3. The SMILES string of the molecule is O=C(O[C@@H]1O[C@H](CO)[C@@H](O)[C@H]1O)c1cccnc1. The summed E-state index contributed by atoms with van der Waals surface area (Å²) in [6.07, 6.45) is -2.13. The molecule has 7 nitrogen and oxygen atoms in total. The maximum absolute atomic E-state index is 11.7. The molecule has 1 aromatic rings. The first-order valence-corrected chi connectivity index (χ1v) is 5.37. The summed E-state index contributed by atoms with van der Waals surface area (Å²) in [5, 5.41) is 27.9. The van der Waals surface area contributed by atoms with E-state index in [1.807, 2.05) is 0 Å². The third-order valence-electron chi connectivity index (χ3n) is 2.62. The van der Waals surface area contributed by atoms with Crippen LogP contribution in [-0.4, -0.2) is 57.5 Å². The van der Waals surface area contributed by atoms with Crippen LogP contribution >= 0.6 is 0 Å². The van der Waals surface area contributed by atoms with Crippen molar-refractivity contribution in [2.45, 2.75) is 24.6 Å². The molecule has 0 aromatic carbocycles. The lowest BCUT2D eigenvalue weighted by Gasteiger charge is -2.15. The lowest BCUT2D eigenvalue weighted by molar-refractivity contribution is -0.139. The number of carbonyl (C=O) groups excluding carboxylic acids is 1. The predicted molar refractivity (Wildman–Crippen MR) is 57.4 cm³/mol. The average molecular weight is 255 g/mol. The van der Waals surface area contributed by atoms with Gasteiger partial charge in [-0.15, -0.1) is 0 Å². The van der Waals surface area contributed by atoms with Gasteiger partial charge in [-0.25, -0.2) is 4.79 Å². The lowest BCUT2D eigenvalue weighted by atomic mass is 10.1. The number of aliphatic hydroxyl groups is 3. The highest BCUT2D eigenvalue weighted by molar-refractivity contribution is 5.89. The van der Waals surface area contributed by atoms with Crippen LogP contribution in [0.15, 0.2) is 24.5 Å². The lowest BCUT2D eigenvalue weighted by Crippen LogP contribution is -2.35. The standard InChI is InChI=1S/C11H13NO6/c13-5-7-8(14)9(15)11(17-7)18-10(16)6-2-1-3-12-4-6/h1-4,7-9,11,13-15H,5H2/t7-,8-,9-,11+/m1/s1. The first kappa shape index (κ1) is 12.9. The normalized spacial score (nSPS) is 31.3. The fourth-order valence-electron chi connectivity index (χ4n) is 1.62. The van der Waals surface area contributed by atoms with Crippen LogP contribution in [0.3, 0.4) is 0 Å². The number of pyridine rings is 1. The Bertz CT molecular complexity index is 411. The molecular weight excluding hydrogens is 242 g/mol. The molecule has 1 fully saturated rings. The van der Waals surface area contributed by atoms with E-state index in [9.17, 15) is 15.0 Å². The molecule has 0 amide bonds. The number of esters is 1. The monoisotopic (exact) mass is 255 g/mol. The minimum atomic E-state index is -1.39. The van der Waals surface area contributed by atoms with Crippen LogP contribution < -0.4 is 0 Å². The summed E-state index contributed by atoms with van der Waals surface area (Å²) >= 11 is 0. The van der Waals surface area contributed by atoms with Gasteiger partial charge in [0.05, 0.1) is 12.2 Å². The summed E-state index contributed by atoms with van der Waals surface area (Å²) in [5.74, 6) is -0.724. The fourth-order valence-corrected chi connectivity index (χ4v) is 1.62. The quantitative estimate of drug-likeness (QED) is 0.574. The van der Waals surface area contributed by atoms with E-state index in [-0.39, 0.29) is 5.56 Å². The zero-order chi connectivity index (χ0) is 13.1. The summed E-state index contributed by atoms with van der Waals surface area (Å²) in [4.78, 5) is 15.4. The third-order valence-corrected chi connectivity index (χ3v) is 2.62. The minimum absolute atomic E-state index is 0.204. The number of nitrogens with zero attached hydrogens (tertiary/aromatic N) is 1. The molecule has 0 aliphatic carbocycles. The van der Waals surface area contributed by atoms with Gasteiger partial charge in [0, 0.05) is 12.4 Å². The highest BCUT2D eigenvalue weighted by Crippen LogP contribution is 2.22. The van der Waals surface area contributed by atoms with E-state index in [0.29, 0.717) is 0 Å². The van der Waals surface area contributed by atoms with Crippen molar-refractivity contribution in [2.24, 2.45) is 0 Å². The molecule has 4 atom stereocenters. The molecule has 98 valence electrons. The van der Waals surface area contributed by atoms with E-state index in [4.69, 9.17) is 14.6 Å². The molecule has 7 heteroatoms. The molecule has 1 aliphatic rings. The van der Waals surface area contributed by atoms with E-state index in [1.54, 1.807) is 6.07 Å². The second-order valence-corrected chi connectivity index (χ2v) is 3.85. The van der Waals surface area contributed by atoms with Crippen LogP contribution in [0, 0.1) is 0 Å². The number of hydrogen-bond acceptors (Lipinski definition) is 7. The second kappa shape index (κ2) is 5.40. The molecule has 18 heavy (non-hydrogen) atoms. The predicted octanol–water partition coefficient (Wildman–Crippen LogP) is -1.32. The molecule has 2 heterocycles. The largest absolute Gasteiger partial charge is 0.429 e. The summed E-state index contributed by atoms with van der Waals surface area (Å²) in [7, 11) is 0. The first-order valence-electron chi connectivity index (χ1n) is 5.37. The van der Waals surface area contributed by atoms with Gasteiger partial charge in [0.25, 0.3) is 0 Å². The van der Waals surface area contributed by atoms with Crippen molar-refractivity contribution in [1.82, 2.24) is 4.98 Å². The molecule has 3 N–H and O–H groups in total. The minimum Gasteiger partial charge on any atom is -0.429 e. The molecular formula is C11H13NO6. The van der Waals surface area contributed by atoms with Crippen molar-refractivity contribution in [1.29, 1.82) is 0 Å². The smallest absolute Gasteiger partial charge is 0.342 e. The summed E-state index contributed by atoms with van der Waals surface area (Å²) in [6.45, 7) is -0.473. The molecule has 1 aromatic heterocycles. The Labute approximate surface area is 103 Å². The topological polar surface area (TPSA) is 109 Å². The van der Waals surface area contributed by atoms with Crippen LogP contribution in [-0.2, 0) is 9.47 Å². The van der Waals surface area contributed by atoms with Crippen molar-refractivity contribution in [3.05, 3.63) is 30.1 Å². The maximum Gasteiger partial charge on any atom is 0.342 e. The van der Waals surface area contributed by atoms with Gasteiger partial charge in [-0.1, -0.05) is 0 Å². The van der Waals surface area contributed by atoms with Crippen molar-refractivity contribution in [2.75, 3.05) is 6.61 Å². The van der Waals surface area contributed by atoms with Crippen molar-refractivity contribution in [3.8, 4) is 0 Å². The first-order chi connectivity index (χ1) is 8.63. The van der Waals surface area contributed by atoms with Crippen molar-refractivity contribution < 1.29 is 29.6 Å². The van der Waals surface area contributed by atoms with Crippen LogP contribution in [0.4, 0.5) is 0 Å². The molecule has 0 spiro atoms. The summed E-state index contributed by atoms with van der Waals surface area (Å²) in [6, 6.07) is 3.06. The fraction of sp³-hybridized carbons (Fsp3) is 0.455. The van der Waals surface area contributed by atoms with Gasteiger partial charge in [-0.3, -0.25) is 4.98 Å². The van der Waals surface area contributed by atoms with E-state index < -0.39 is 37.2 Å². The Balaban J connectivity index is 2.00. The van der Waals surface area contributed by atoms with Gasteiger partial charge in [0.1, 0.15) is 18.3 Å². The van der Waals surface area contributed by atoms with Crippen LogP contribution in [0.25, 0.3) is 0 Å². The molecule has 1 aliphatic heterocycles. The Morgan fingerprint density at radius 2 is 2.22 bits per heavy atom. The maximum atomic E-state index is 11.7. The highest BCUT2D eigenvalue weighted by atomic mass is 16.7. The Kier molecular flexibility index (Phi) is 3.87. The number of ether oxygens (including phenoxy) is 2. The molecule has 0 radical (unpaired) electrons. The van der Waals surface area contributed by atoms with Gasteiger partial charge in [-0.2, -0.15) is 0 Å². The van der Waals surface area contributed by atoms with Gasteiger partial charge < -0.3 is 24.8 Å². The molecule has 1 saturated heterocycles. The number of carbonyl (C=O) groups is 1. The third kappa shape index (κ3) is 2.49. The van der Waals surface area contributed by atoms with Crippen molar-refractivity contribution in [3.63, 3.8) is 0 Å². The van der Waals surface area contributed by atoms with Crippen molar-refractivity contribution >= 4 is 5.97 Å². The number of aromatic nitrogens is 1. The van der Waals surface area contributed by atoms with E-state index >= 15 is 0 Å². The van der Waals surface area contributed by atoms with Gasteiger partial charge in [0.15, 0.2) is 0 Å². The highest BCUT2D eigenvalue weighted by Gasteiger charge is 2.44. The Morgan fingerprint density at radius 3 is 2.78 bits per heavy atom. The van der Waals surface area contributed by atoms with Gasteiger partial charge in [0.2, 0.25) is 6.29 Å². The summed E-state index contributed by atoms with van der Waals surface area (Å²) in [5.41, 5.74) is 0.204. The van der Waals surface area contributed by atoms with Crippen LogP contribution in [0.2, 0.25) is 0 Å². The Hall–Kier alpha value is -1.54. The molecule has 0 bridgehead atoms. The zero-order valence-corrected chi connectivity index (χ0v) is 9.34. The molecule has 0 saturated carbocycles. The van der Waals surface area contributed by atoms with Crippen LogP contribution in [0.1, 0.15) is 10.4 Å². The van der Waals surface area contributed by atoms with E-state index in [2.05, 4.69) is 4.98 Å². The molecule has 0 unspecified atom stereocenters. The number of hydrogen-bond donors (Lipinski definition) is 3. The van der Waals surface area contributed by atoms with E-state index in [1.165, 1.54) is 18.5 Å². The zero-order valence-electron chi connectivity index (χ0n) is 9.34. The average Bonchev–Trinajstić information content (AvgIpc) is 2.67. The summed E-state index contributed by atoms with van der Waals surface area (Å²) < 4.78 is 9.90. The van der Waals surface area contributed by atoms with E-state index in [0.717, 1.165) is 0 Å².